The lowest BCUT2D eigenvalue weighted by atomic mass is 10.1. The number of ketones is 1. The summed E-state index contributed by atoms with van der Waals surface area (Å²) in [5.74, 6) is 0.357. The number of unbranched alkanes of at least 4 members (excludes halogenated alkanes) is 7. The lowest BCUT2D eigenvalue weighted by molar-refractivity contribution is -0.114. The Hall–Kier alpha value is -0.850. The second kappa shape index (κ2) is 10.1. The van der Waals surface area contributed by atoms with Gasteiger partial charge in [0.1, 0.15) is 0 Å². The molecule has 0 spiro atoms. The number of carbonyl (C=O) groups excluding carboxylic acids is 1. The first-order valence-corrected chi connectivity index (χ1v) is 7.72. The SMILES string of the molecule is CCCCCCCCCC=CCC1=CCCC1=O. The smallest absolute Gasteiger partial charge is 0.159 e. The van der Waals surface area contributed by atoms with Gasteiger partial charge in [0.25, 0.3) is 0 Å². The Labute approximate surface area is 112 Å². The van der Waals surface area contributed by atoms with Gasteiger partial charge in [-0.2, -0.15) is 0 Å². The standard InChI is InChI=1S/C17H28O/c1-2-3-4-5-6-7-8-9-10-11-13-16-14-12-15-17(16)18/h10-11,14H,2-9,12-13,15H2,1H3. The van der Waals surface area contributed by atoms with E-state index in [1.54, 1.807) is 0 Å². The van der Waals surface area contributed by atoms with Crippen LogP contribution in [0.3, 0.4) is 0 Å². The van der Waals surface area contributed by atoms with Gasteiger partial charge in [-0.25, -0.2) is 0 Å². The highest BCUT2D eigenvalue weighted by atomic mass is 16.1. The second-order valence-electron chi connectivity index (χ2n) is 5.28. The lowest BCUT2D eigenvalue weighted by Gasteiger charge is -1.99. The van der Waals surface area contributed by atoms with Gasteiger partial charge in [-0.05, 0) is 31.3 Å². The zero-order valence-corrected chi connectivity index (χ0v) is 11.9. The summed E-state index contributed by atoms with van der Waals surface area (Å²) in [4.78, 5) is 11.4. The summed E-state index contributed by atoms with van der Waals surface area (Å²) >= 11 is 0. The summed E-state index contributed by atoms with van der Waals surface area (Å²) in [7, 11) is 0. The van der Waals surface area contributed by atoms with Crippen molar-refractivity contribution in [1.82, 2.24) is 0 Å². The molecule has 0 amide bonds. The molecular formula is C17H28O. The van der Waals surface area contributed by atoms with Gasteiger partial charge in [-0.1, -0.05) is 63.7 Å². The van der Waals surface area contributed by atoms with E-state index in [1.807, 2.05) is 0 Å². The third kappa shape index (κ3) is 6.78. The van der Waals surface area contributed by atoms with Gasteiger partial charge < -0.3 is 0 Å². The van der Waals surface area contributed by atoms with Gasteiger partial charge in [0.05, 0.1) is 0 Å². The molecule has 0 fully saturated rings. The molecule has 0 bridgehead atoms. The van der Waals surface area contributed by atoms with Crippen LogP contribution in [-0.4, -0.2) is 5.78 Å². The molecule has 0 aliphatic heterocycles. The van der Waals surface area contributed by atoms with Gasteiger partial charge in [-0.3, -0.25) is 4.79 Å². The van der Waals surface area contributed by atoms with Crippen LogP contribution in [0.2, 0.25) is 0 Å². The topological polar surface area (TPSA) is 17.1 Å². The quantitative estimate of drug-likeness (QED) is 0.375. The number of hydrogen-bond donors (Lipinski definition) is 0. The lowest BCUT2D eigenvalue weighted by Crippen LogP contribution is -1.93. The fraction of sp³-hybridized carbons (Fsp3) is 0.706. The summed E-state index contributed by atoms with van der Waals surface area (Å²) in [5, 5.41) is 0. The van der Waals surface area contributed by atoms with Crippen molar-refractivity contribution in [2.45, 2.75) is 77.6 Å². The molecular weight excluding hydrogens is 220 g/mol. The van der Waals surface area contributed by atoms with Crippen LogP contribution in [0.15, 0.2) is 23.8 Å². The van der Waals surface area contributed by atoms with Crippen LogP contribution in [0.5, 0.6) is 0 Å². The third-order valence-electron chi connectivity index (χ3n) is 3.60. The summed E-state index contributed by atoms with van der Waals surface area (Å²) < 4.78 is 0. The molecule has 0 aromatic rings. The van der Waals surface area contributed by atoms with Crippen LogP contribution < -0.4 is 0 Å². The molecule has 0 aromatic heterocycles. The molecule has 0 aromatic carbocycles. The van der Waals surface area contributed by atoms with E-state index in [-0.39, 0.29) is 0 Å². The minimum atomic E-state index is 0.357. The Balaban J connectivity index is 1.90. The van der Waals surface area contributed by atoms with Crippen molar-refractivity contribution in [3.63, 3.8) is 0 Å². The van der Waals surface area contributed by atoms with E-state index in [0.29, 0.717) is 5.78 Å². The van der Waals surface area contributed by atoms with Gasteiger partial charge in [0.15, 0.2) is 5.78 Å². The number of Topliss-reactive ketones (excluding diaryl/α,β-unsaturated/α-hetero) is 1. The molecule has 0 heterocycles. The van der Waals surface area contributed by atoms with Crippen LogP contribution in [0, 0.1) is 0 Å². The molecule has 0 unspecified atom stereocenters. The number of carbonyl (C=O) groups is 1. The summed E-state index contributed by atoms with van der Waals surface area (Å²) in [6, 6.07) is 0. The van der Waals surface area contributed by atoms with E-state index >= 15 is 0 Å². The highest BCUT2D eigenvalue weighted by molar-refractivity contribution is 5.97. The van der Waals surface area contributed by atoms with E-state index < -0.39 is 0 Å². The largest absolute Gasteiger partial charge is 0.295 e. The first-order valence-electron chi connectivity index (χ1n) is 7.72. The average Bonchev–Trinajstić information content (AvgIpc) is 2.77. The monoisotopic (exact) mass is 248 g/mol. The van der Waals surface area contributed by atoms with Crippen molar-refractivity contribution in [2.24, 2.45) is 0 Å². The predicted molar refractivity (Wildman–Crippen MR) is 78.7 cm³/mol. The maximum atomic E-state index is 11.4. The molecule has 0 saturated heterocycles. The Morgan fingerprint density at radius 1 is 1.06 bits per heavy atom. The van der Waals surface area contributed by atoms with Crippen LogP contribution in [0.1, 0.15) is 77.6 Å². The molecule has 1 nitrogen and oxygen atoms in total. The van der Waals surface area contributed by atoms with Crippen molar-refractivity contribution in [3.05, 3.63) is 23.8 Å². The van der Waals surface area contributed by atoms with E-state index in [4.69, 9.17) is 0 Å². The van der Waals surface area contributed by atoms with Gasteiger partial charge in [-0.15, -0.1) is 0 Å². The molecule has 0 N–H and O–H groups in total. The Kier molecular flexibility index (Phi) is 8.54. The molecule has 1 aliphatic rings. The molecule has 0 saturated carbocycles. The highest BCUT2D eigenvalue weighted by Gasteiger charge is 2.12. The predicted octanol–water partition coefficient (Wildman–Crippen LogP) is 5.36. The molecule has 0 radical (unpaired) electrons. The van der Waals surface area contributed by atoms with Gasteiger partial charge >= 0.3 is 0 Å². The minimum Gasteiger partial charge on any atom is -0.295 e. The molecule has 0 atom stereocenters. The molecule has 1 aliphatic carbocycles. The van der Waals surface area contributed by atoms with Crippen molar-refractivity contribution < 1.29 is 4.79 Å². The van der Waals surface area contributed by atoms with Crippen LogP contribution >= 0.6 is 0 Å². The fourth-order valence-electron chi connectivity index (χ4n) is 2.40. The van der Waals surface area contributed by atoms with Crippen LogP contribution in [0.25, 0.3) is 0 Å². The number of hydrogen-bond acceptors (Lipinski definition) is 1. The van der Waals surface area contributed by atoms with E-state index in [0.717, 1.165) is 24.8 Å². The van der Waals surface area contributed by atoms with Crippen molar-refractivity contribution >= 4 is 5.78 Å². The number of allylic oxidation sites excluding steroid dienone is 4. The zero-order valence-electron chi connectivity index (χ0n) is 11.9. The molecule has 18 heavy (non-hydrogen) atoms. The average molecular weight is 248 g/mol. The van der Waals surface area contributed by atoms with Crippen LogP contribution in [-0.2, 0) is 4.79 Å². The van der Waals surface area contributed by atoms with E-state index in [2.05, 4.69) is 25.2 Å². The van der Waals surface area contributed by atoms with Gasteiger partial charge in [0.2, 0.25) is 0 Å². The Bertz CT molecular complexity index is 286. The first-order chi connectivity index (χ1) is 8.84. The van der Waals surface area contributed by atoms with Crippen molar-refractivity contribution in [2.75, 3.05) is 0 Å². The highest BCUT2D eigenvalue weighted by Crippen LogP contribution is 2.17. The summed E-state index contributed by atoms with van der Waals surface area (Å²) in [6.45, 7) is 2.26. The Morgan fingerprint density at radius 3 is 2.44 bits per heavy atom. The van der Waals surface area contributed by atoms with E-state index in [9.17, 15) is 4.79 Å². The normalized spacial score (nSPS) is 15.6. The van der Waals surface area contributed by atoms with Crippen molar-refractivity contribution in [1.29, 1.82) is 0 Å². The molecule has 1 rings (SSSR count). The molecule has 1 heteroatoms. The Morgan fingerprint density at radius 2 is 1.78 bits per heavy atom. The maximum Gasteiger partial charge on any atom is 0.159 e. The number of rotatable bonds is 10. The van der Waals surface area contributed by atoms with Gasteiger partial charge in [0, 0.05) is 6.42 Å². The fourth-order valence-corrected chi connectivity index (χ4v) is 2.40. The van der Waals surface area contributed by atoms with E-state index in [1.165, 1.54) is 51.4 Å². The molecule has 102 valence electrons. The summed E-state index contributed by atoms with van der Waals surface area (Å²) in [5.41, 5.74) is 1.03. The third-order valence-corrected chi connectivity index (χ3v) is 3.60. The maximum absolute atomic E-state index is 11.4. The minimum absolute atomic E-state index is 0.357. The van der Waals surface area contributed by atoms with Crippen molar-refractivity contribution in [3.8, 4) is 0 Å². The van der Waals surface area contributed by atoms with Crippen LogP contribution in [0.4, 0.5) is 0 Å². The zero-order chi connectivity index (χ0) is 13.1. The first kappa shape index (κ1) is 15.2. The second-order valence-corrected chi connectivity index (χ2v) is 5.28. The summed E-state index contributed by atoms with van der Waals surface area (Å²) in [6.07, 6.45) is 19.8.